The summed E-state index contributed by atoms with van der Waals surface area (Å²) in [6, 6.07) is 0.314. The van der Waals surface area contributed by atoms with Crippen LogP contribution < -0.4 is 5.32 Å². The molecule has 0 aromatic heterocycles. The standard InChI is InChI=1S/C14H29N3O/c1-12(2)17(14(18)7-10-16(3)4)11-13-5-8-15-9-6-13/h12-13,15H,5-11H2,1-4H3. The van der Waals surface area contributed by atoms with Crippen LogP contribution in [0.5, 0.6) is 0 Å². The number of hydrogen-bond donors (Lipinski definition) is 1. The average Bonchev–Trinajstić information content (AvgIpc) is 2.34. The van der Waals surface area contributed by atoms with Crippen LogP contribution in [0.15, 0.2) is 0 Å². The summed E-state index contributed by atoms with van der Waals surface area (Å²) in [6.07, 6.45) is 3.03. The number of piperidine rings is 1. The second kappa shape index (κ2) is 7.74. The van der Waals surface area contributed by atoms with Crippen molar-refractivity contribution in [2.75, 3.05) is 40.3 Å². The molecule has 0 bridgehead atoms. The Bertz CT molecular complexity index is 247. The average molecular weight is 255 g/mol. The number of amides is 1. The van der Waals surface area contributed by atoms with Gasteiger partial charge in [-0.05, 0) is 59.8 Å². The van der Waals surface area contributed by atoms with E-state index in [1.165, 1.54) is 12.8 Å². The third kappa shape index (κ3) is 5.36. The van der Waals surface area contributed by atoms with Crippen molar-refractivity contribution in [2.45, 2.75) is 39.2 Å². The van der Waals surface area contributed by atoms with Crippen molar-refractivity contribution in [3.63, 3.8) is 0 Å². The van der Waals surface area contributed by atoms with Gasteiger partial charge >= 0.3 is 0 Å². The van der Waals surface area contributed by atoms with Crippen LogP contribution in [0.4, 0.5) is 0 Å². The minimum Gasteiger partial charge on any atom is -0.340 e. The van der Waals surface area contributed by atoms with Gasteiger partial charge in [0, 0.05) is 25.6 Å². The molecule has 1 aliphatic heterocycles. The van der Waals surface area contributed by atoms with Gasteiger partial charge in [0.25, 0.3) is 0 Å². The summed E-state index contributed by atoms with van der Waals surface area (Å²) in [4.78, 5) is 16.4. The van der Waals surface area contributed by atoms with Crippen LogP contribution in [0.2, 0.25) is 0 Å². The third-order valence-corrected chi connectivity index (χ3v) is 3.63. The summed E-state index contributed by atoms with van der Waals surface area (Å²) in [7, 11) is 4.03. The maximum absolute atomic E-state index is 12.2. The van der Waals surface area contributed by atoms with Crippen molar-refractivity contribution in [3.8, 4) is 0 Å². The van der Waals surface area contributed by atoms with E-state index in [0.29, 0.717) is 24.3 Å². The zero-order valence-corrected chi connectivity index (χ0v) is 12.4. The highest BCUT2D eigenvalue weighted by Gasteiger charge is 2.22. The Balaban J connectivity index is 2.44. The summed E-state index contributed by atoms with van der Waals surface area (Å²) >= 11 is 0. The highest BCUT2D eigenvalue weighted by atomic mass is 16.2. The molecule has 0 spiro atoms. The van der Waals surface area contributed by atoms with E-state index in [1.807, 2.05) is 14.1 Å². The maximum Gasteiger partial charge on any atom is 0.224 e. The molecule has 1 N–H and O–H groups in total. The van der Waals surface area contributed by atoms with Crippen LogP contribution >= 0.6 is 0 Å². The normalized spacial score (nSPS) is 17.4. The summed E-state index contributed by atoms with van der Waals surface area (Å²) in [5.74, 6) is 0.981. The van der Waals surface area contributed by atoms with Crippen molar-refractivity contribution in [1.29, 1.82) is 0 Å². The lowest BCUT2D eigenvalue weighted by atomic mass is 9.97. The van der Waals surface area contributed by atoms with Gasteiger partial charge in [0.2, 0.25) is 5.91 Å². The Labute approximate surface area is 112 Å². The molecule has 1 saturated heterocycles. The molecule has 0 atom stereocenters. The molecule has 1 fully saturated rings. The Morgan fingerprint density at radius 2 is 1.89 bits per heavy atom. The molecule has 4 heteroatoms. The quantitative estimate of drug-likeness (QED) is 0.774. The molecule has 18 heavy (non-hydrogen) atoms. The second-order valence-electron chi connectivity index (χ2n) is 5.89. The van der Waals surface area contributed by atoms with Gasteiger partial charge in [-0.2, -0.15) is 0 Å². The fraction of sp³-hybridized carbons (Fsp3) is 0.929. The van der Waals surface area contributed by atoms with Gasteiger partial charge in [0.05, 0.1) is 0 Å². The number of nitrogens with one attached hydrogen (secondary N) is 1. The molecule has 0 unspecified atom stereocenters. The third-order valence-electron chi connectivity index (χ3n) is 3.63. The Hall–Kier alpha value is -0.610. The van der Waals surface area contributed by atoms with Gasteiger partial charge in [-0.1, -0.05) is 0 Å². The summed E-state index contributed by atoms with van der Waals surface area (Å²) in [5.41, 5.74) is 0. The van der Waals surface area contributed by atoms with Gasteiger partial charge in [-0.15, -0.1) is 0 Å². The Morgan fingerprint density at radius 1 is 1.28 bits per heavy atom. The smallest absolute Gasteiger partial charge is 0.224 e. The highest BCUT2D eigenvalue weighted by Crippen LogP contribution is 2.16. The van der Waals surface area contributed by atoms with E-state index in [9.17, 15) is 4.79 Å². The van der Waals surface area contributed by atoms with E-state index in [4.69, 9.17) is 0 Å². The van der Waals surface area contributed by atoms with Gasteiger partial charge in [-0.25, -0.2) is 0 Å². The monoisotopic (exact) mass is 255 g/mol. The lowest BCUT2D eigenvalue weighted by molar-refractivity contribution is -0.134. The maximum atomic E-state index is 12.2. The SMILES string of the molecule is CC(C)N(CC1CCNCC1)C(=O)CCN(C)C. The summed E-state index contributed by atoms with van der Waals surface area (Å²) < 4.78 is 0. The molecule has 106 valence electrons. The van der Waals surface area contributed by atoms with Crippen molar-refractivity contribution < 1.29 is 4.79 Å². The predicted octanol–water partition coefficient (Wildman–Crippen LogP) is 1.17. The predicted molar refractivity (Wildman–Crippen MR) is 75.6 cm³/mol. The minimum absolute atomic E-state index is 0.303. The minimum atomic E-state index is 0.303. The molecule has 1 amide bonds. The zero-order chi connectivity index (χ0) is 13.5. The highest BCUT2D eigenvalue weighted by molar-refractivity contribution is 5.76. The van der Waals surface area contributed by atoms with Gasteiger partial charge in [-0.3, -0.25) is 4.79 Å². The molecule has 1 heterocycles. The molecule has 0 radical (unpaired) electrons. The Kier molecular flexibility index (Phi) is 6.65. The fourth-order valence-corrected chi connectivity index (χ4v) is 2.41. The van der Waals surface area contributed by atoms with Crippen LogP contribution in [0.1, 0.15) is 33.1 Å². The topological polar surface area (TPSA) is 35.6 Å². The largest absolute Gasteiger partial charge is 0.340 e. The van der Waals surface area contributed by atoms with E-state index < -0.39 is 0 Å². The molecule has 4 nitrogen and oxygen atoms in total. The van der Waals surface area contributed by atoms with Crippen molar-refractivity contribution >= 4 is 5.91 Å². The van der Waals surface area contributed by atoms with Crippen LogP contribution in [-0.4, -0.2) is 62.0 Å². The molecule has 0 aliphatic carbocycles. The fourth-order valence-electron chi connectivity index (χ4n) is 2.41. The van der Waals surface area contributed by atoms with E-state index in [2.05, 4.69) is 29.0 Å². The molecule has 0 aromatic carbocycles. The summed E-state index contributed by atoms with van der Waals surface area (Å²) in [6.45, 7) is 8.22. The number of nitrogens with zero attached hydrogens (tertiary/aromatic N) is 2. The van der Waals surface area contributed by atoms with E-state index in [0.717, 1.165) is 26.2 Å². The van der Waals surface area contributed by atoms with E-state index >= 15 is 0 Å². The van der Waals surface area contributed by atoms with Crippen molar-refractivity contribution in [3.05, 3.63) is 0 Å². The van der Waals surface area contributed by atoms with Gasteiger partial charge in [0.1, 0.15) is 0 Å². The van der Waals surface area contributed by atoms with Crippen LogP contribution in [0.25, 0.3) is 0 Å². The van der Waals surface area contributed by atoms with Crippen molar-refractivity contribution in [1.82, 2.24) is 15.1 Å². The first kappa shape index (κ1) is 15.4. The van der Waals surface area contributed by atoms with Crippen LogP contribution in [-0.2, 0) is 4.79 Å². The Morgan fingerprint density at radius 3 is 2.39 bits per heavy atom. The van der Waals surface area contributed by atoms with Gasteiger partial charge in [0.15, 0.2) is 0 Å². The molecule has 1 aliphatic rings. The van der Waals surface area contributed by atoms with E-state index in [-0.39, 0.29) is 0 Å². The first-order chi connectivity index (χ1) is 8.50. The second-order valence-corrected chi connectivity index (χ2v) is 5.89. The van der Waals surface area contributed by atoms with Crippen molar-refractivity contribution in [2.24, 2.45) is 5.92 Å². The molecule has 0 aromatic rings. The van der Waals surface area contributed by atoms with Crippen LogP contribution in [0, 0.1) is 5.92 Å². The van der Waals surface area contributed by atoms with E-state index in [1.54, 1.807) is 0 Å². The number of hydrogen-bond acceptors (Lipinski definition) is 3. The molecule has 1 rings (SSSR count). The lowest BCUT2D eigenvalue weighted by Gasteiger charge is -2.33. The number of carbonyl (C=O) groups is 1. The first-order valence-corrected chi connectivity index (χ1v) is 7.15. The molecule has 0 saturated carbocycles. The van der Waals surface area contributed by atoms with Crippen LogP contribution in [0.3, 0.4) is 0 Å². The zero-order valence-electron chi connectivity index (χ0n) is 12.4. The molecular weight excluding hydrogens is 226 g/mol. The summed E-state index contributed by atoms with van der Waals surface area (Å²) in [5, 5.41) is 3.38. The van der Waals surface area contributed by atoms with Gasteiger partial charge < -0.3 is 15.1 Å². The number of carbonyl (C=O) groups excluding carboxylic acids is 1. The first-order valence-electron chi connectivity index (χ1n) is 7.15. The number of rotatable bonds is 6. The molecular formula is C14H29N3O. The lowest BCUT2D eigenvalue weighted by Crippen LogP contribution is -2.43.